The molecule has 1 atom stereocenters. The second kappa shape index (κ2) is 7.88. The molecule has 2 N–H and O–H groups in total. The third-order valence-electron chi connectivity index (χ3n) is 4.20. The Kier molecular flexibility index (Phi) is 5.56. The summed E-state index contributed by atoms with van der Waals surface area (Å²) < 4.78 is 28.4. The van der Waals surface area contributed by atoms with Crippen molar-refractivity contribution in [3.05, 3.63) is 94.3 Å². The molecular formula is C21H18F2N2OS. The predicted molar refractivity (Wildman–Crippen MR) is 103 cm³/mol. The quantitative estimate of drug-likeness (QED) is 0.633. The summed E-state index contributed by atoms with van der Waals surface area (Å²) in [6.45, 7) is 3.78. The maximum absolute atomic E-state index is 14.5. The van der Waals surface area contributed by atoms with E-state index in [0.29, 0.717) is 5.56 Å². The minimum Gasteiger partial charge on any atom is -0.364 e. The molecule has 1 heterocycles. The van der Waals surface area contributed by atoms with Gasteiger partial charge in [0, 0.05) is 16.7 Å². The van der Waals surface area contributed by atoms with Crippen LogP contribution in [0, 0.1) is 25.5 Å². The number of hydrogen-bond acceptors (Lipinski definition) is 3. The molecule has 138 valence electrons. The van der Waals surface area contributed by atoms with E-state index < -0.39 is 22.8 Å². The zero-order chi connectivity index (χ0) is 19.6. The number of hydrogen-bond donors (Lipinski definition) is 1. The average Bonchev–Trinajstić information content (AvgIpc) is 2.63. The number of aryl methyl sites for hydroxylation is 2. The smallest absolute Gasteiger partial charge is 0.267 e. The van der Waals surface area contributed by atoms with Crippen molar-refractivity contribution in [3.63, 3.8) is 0 Å². The van der Waals surface area contributed by atoms with E-state index >= 15 is 0 Å². The Morgan fingerprint density at radius 2 is 1.74 bits per heavy atom. The normalized spacial score (nSPS) is 12.0. The number of carbonyl (C=O) groups is 1. The van der Waals surface area contributed by atoms with Gasteiger partial charge in [-0.25, -0.2) is 8.78 Å². The van der Waals surface area contributed by atoms with Crippen LogP contribution in [0.3, 0.4) is 0 Å². The van der Waals surface area contributed by atoms with E-state index in [4.69, 9.17) is 5.73 Å². The number of pyridine rings is 1. The zero-order valence-corrected chi connectivity index (χ0v) is 15.7. The molecule has 0 aliphatic heterocycles. The van der Waals surface area contributed by atoms with Crippen LogP contribution in [0.1, 0.15) is 38.0 Å². The van der Waals surface area contributed by atoms with Crippen molar-refractivity contribution in [2.45, 2.75) is 24.0 Å². The first-order chi connectivity index (χ1) is 12.8. The summed E-state index contributed by atoms with van der Waals surface area (Å²) >= 11 is 1.39. The largest absolute Gasteiger partial charge is 0.364 e. The van der Waals surface area contributed by atoms with Crippen molar-refractivity contribution in [2.75, 3.05) is 0 Å². The van der Waals surface area contributed by atoms with E-state index in [2.05, 4.69) is 4.98 Å². The number of amides is 1. The Bertz CT molecular complexity index is 990. The van der Waals surface area contributed by atoms with Gasteiger partial charge in [0.2, 0.25) is 0 Å². The lowest BCUT2D eigenvalue weighted by Crippen LogP contribution is -2.14. The average molecular weight is 384 g/mol. The summed E-state index contributed by atoms with van der Waals surface area (Å²) in [5.74, 6) is -1.65. The molecule has 1 aromatic heterocycles. The van der Waals surface area contributed by atoms with Gasteiger partial charge < -0.3 is 5.73 Å². The van der Waals surface area contributed by atoms with Crippen LogP contribution in [0.5, 0.6) is 0 Å². The molecule has 27 heavy (non-hydrogen) atoms. The Hall–Kier alpha value is -2.73. The van der Waals surface area contributed by atoms with Crippen LogP contribution < -0.4 is 5.73 Å². The highest BCUT2D eigenvalue weighted by Crippen LogP contribution is 2.42. The van der Waals surface area contributed by atoms with Gasteiger partial charge in [-0.05, 0) is 61.4 Å². The highest BCUT2D eigenvalue weighted by Gasteiger charge is 2.23. The molecule has 0 aliphatic rings. The maximum atomic E-state index is 14.5. The fraction of sp³-hybridized carbons (Fsp3) is 0.143. The van der Waals surface area contributed by atoms with Crippen molar-refractivity contribution in [1.29, 1.82) is 0 Å². The summed E-state index contributed by atoms with van der Waals surface area (Å²) in [5.41, 5.74) is 8.17. The molecule has 1 unspecified atom stereocenters. The van der Waals surface area contributed by atoms with E-state index in [1.807, 2.05) is 31.2 Å². The molecule has 3 nitrogen and oxygen atoms in total. The fourth-order valence-electron chi connectivity index (χ4n) is 2.74. The van der Waals surface area contributed by atoms with Crippen LogP contribution in [0.4, 0.5) is 8.78 Å². The molecule has 0 aliphatic carbocycles. The van der Waals surface area contributed by atoms with Gasteiger partial charge in [0.15, 0.2) is 0 Å². The van der Waals surface area contributed by atoms with Crippen LogP contribution in [0.2, 0.25) is 0 Å². The highest BCUT2D eigenvalue weighted by molar-refractivity contribution is 7.99. The van der Waals surface area contributed by atoms with E-state index in [1.165, 1.54) is 24.0 Å². The number of halogens is 2. The van der Waals surface area contributed by atoms with Crippen molar-refractivity contribution < 1.29 is 13.6 Å². The summed E-state index contributed by atoms with van der Waals surface area (Å²) in [6, 6.07) is 12.8. The number of carbonyl (C=O) groups excluding carboxylic acids is 1. The van der Waals surface area contributed by atoms with Gasteiger partial charge in [-0.1, -0.05) is 17.7 Å². The number of thioether (sulfide) groups is 1. The second-order valence-electron chi connectivity index (χ2n) is 6.27. The highest BCUT2D eigenvalue weighted by atomic mass is 32.2. The lowest BCUT2D eigenvalue weighted by Gasteiger charge is -2.20. The SMILES string of the molecule is Cc1ccc(SC(c2cnc(C(N)=O)cc2C)c2cc(F)ccc2F)cc1. The zero-order valence-electron chi connectivity index (χ0n) is 14.9. The third-order valence-corrected chi connectivity index (χ3v) is 5.49. The molecule has 0 radical (unpaired) electrons. The minimum atomic E-state index is -0.635. The lowest BCUT2D eigenvalue weighted by molar-refractivity contribution is 0.0995. The number of benzene rings is 2. The summed E-state index contributed by atoms with van der Waals surface area (Å²) in [7, 11) is 0. The van der Waals surface area contributed by atoms with Crippen molar-refractivity contribution in [3.8, 4) is 0 Å². The molecule has 0 bridgehead atoms. The molecule has 6 heteroatoms. The second-order valence-corrected chi connectivity index (χ2v) is 7.45. The number of rotatable bonds is 5. The standard InChI is InChI=1S/C21H18F2N2OS/c1-12-3-6-15(7-4-12)27-20(16-10-14(22)5-8-18(16)23)17-11-25-19(21(24)26)9-13(17)2/h3-11,20H,1-2H3,(H2,24,26). The molecule has 2 aromatic carbocycles. The molecular weight excluding hydrogens is 366 g/mol. The van der Waals surface area contributed by atoms with Gasteiger partial charge in [0.25, 0.3) is 5.91 Å². The molecule has 0 saturated carbocycles. The Morgan fingerprint density at radius 3 is 2.37 bits per heavy atom. The summed E-state index contributed by atoms with van der Waals surface area (Å²) in [4.78, 5) is 16.4. The van der Waals surface area contributed by atoms with Crippen molar-refractivity contribution >= 4 is 17.7 Å². The molecule has 3 aromatic rings. The van der Waals surface area contributed by atoms with Gasteiger partial charge in [-0.3, -0.25) is 9.78 Å². The summed E-state index contributed by atoms with van der Waals surface area (Å²) in [6.07, 6.45) is 1.51. The van der Waals surface area contributed by atoms with Gasteiger partial charge in [-0.2, -0.15) is 0 Å². The number of primary amides is 1. The van der Waals surface area contributed by atoms with Gasteiger partial charge in [-0.15, -0.1) is 11.8 Å². The lowest BCUT2D eigenvalue weighted by atomic mass is 10.0. The fourth-order valence-corrected chi connectivity index (χ4v) is 3.99. The van der Waals surface area contributed by atoms with Crippen LogP contribution >= 0.6 is 11.8 Å². The van der Waals surface area contributed by atoms with E-state index in [0.717, 1.165) is 28.2 Å². The van der Waals surface area contributed by atoms with E-state index in [9.17, 15) is 13.6 Å². The van der Waals surface area contributed by atoms with Crippen LogP contribution in [-0.4, -0.2) is 10.9 Å². The third kappa shape index (κ3) is 4.34. The molecule has 0 fully saturated rings. The Morgan fingerprint density at radius 1 is 1.04 bits per heavy atom. The number of nitrogens with zero attached hydrogens (tertiary/aromatic N) is 1. The summed E-state index contributed by atoms with van der Waals surface area (Å²) in [5, 5.41) is -0.530. The van der Waals surface area contributed by atoms with Crippen molar-refractivity contribution in [2.24, 2.45) is 5.73 Å². The van der Waals surface area contributed by atoms with Gasteiger partial charge >= 0.3 is 0 Å². The number of aromatic nitrogens is 1. The minimum absolute atomic E-state index is 0.134. The molecule has 1 amide bonds. The first kappa shape index (κ1) is 19.0. The van der Waals surface area contributed by atoms with Gasteiger partial charge in [0.1, 0.15) is 17.3 Å². The monoisotopic (exact) mass is 384 g/mol. The van der Waals surface area contributed by atoms with Crippen LogP contribution in [-0.2, 0) is 0 Å². The maximum Gasteiger partial charge on any atom is 0.267 e. The van der Waals surface area contributed by atoms with Crippen molar-refractivity contribution in [1.82, 2.24) is 4.98 Å². The molecule has 3 rings (SSSR count). The first-order valence-corrected chi connectivity index (χ1v) is 9.17. The molecule has 0 spiro atoms. The predicted octanol–water partition coefficient (Wildman–Crippen LogP) is 4.96. The molecule has 0 saturated heterocycles. The van der Waals surface area contributed by atoms with Gasteiger partial charge in [0.05, 0.1) is 5.25 Å². The Balaban J connectivity index is 2.11. The first-order valence-electron chi connectivity index (χ1n) is 8.30. The topological polar surface area (TPSA) is 56.0 Å². The van der Waals surface area contributed by atoms with E-state index in [-0.39, 0.29) is 11.3 Å². The Labute approximate surface area is 160 Å². The van der Waals surface area contributed by atoms with E-state index in [1.54, 1.807) is 13.0 Å². The van der Waals surface area contributed by atoms with Crippen LogP contribution in [0.15, 0.2) is 59.6 Å². The van der Waals surface area contributed by atoms with Crippen LogP contribution in [0.25, 0.3) is 0 Å². The number of nitrogens with two attached hydrogens (primary N) is 1.